The molecular weight excluding hydrogens is 1480 g/mol. The number of carboxylic acid groups (broad SMARTS) is 4. The Bertz CT molecular complexity index is 3250. The molecule has 0 saturated carbocycles. The molecule has 0 bridgehead atoms. The van der Waals surface area contributed by atoms with E-state index in [1.807, 2.05) is 218 Å². The van der Waals surface area contributed by atoms with Crippen LogP contribution >= 0.6 is 0 Å². The minimum atomic E-state index is -1.13. The minimum Gasteiger partial charge on any atom is -2.00 e. The van der Waals surface area contributed by atoms with E-state index >= 15 is 0 Å². The quantitative estimate of drug-likeness (QED) is 0.180. The van der Waals surface area contributed by atoms with Crippen molar-refractivity contribution >= 4 is 110 Å². The number of carbonyl (C=O) groups is 4. The Morgan fingerprint density at radius 2 is 0.350 bits per heavy atom. The van der Waals surface area contributed by atoms with Gasteiger partial charge in [0.15, 0.2) is 0 Å². The number of carboxylic acids is 4. The number of aromatic carboxylic acids is 4. The third kappa shape index (κ3) is 16.3. The Morgan fingerprint density at radius 3 is 0.450 bits per heavy atom. The number of carbonyl (C=O) groups excluding carboxylic acids is 4. The fraction of sp³-hybridized carbons (Fsp3) is 0.0323. The van der Waals surface area contributed by atoms with Crippen molar-refractivity contribution in [1.29, 1.82) is 0 Å². The summed E-state index contributed by atoms with van der Waals surface area (Å²) in [5.74, 6) is -4.51. The van der Waals surface area contributed by atoms with Gasteiger partial charge in [-0.05, 0) is 110 Å². The first kappa shape index (κ1) is 74.5. The maximum absolute atomic E-state index is 11.3. The molecule has 0 aromatic heterocycles. The molecule has 0 radical (unpaired) electrons. The summed E-state index contributed by atoms with van der Waals surface area (Å²) in [5.41, 5.74) is 1.11. The average Bonchev–Trinajstić information content (AvgIpc) is 3.41. The molecule has 12 rings (SSSR count). The normalized spacial score (nSPS) is 9.35. The van der Waals surface area contributed by atoms with Gasteiger partial charge >= 0.3 is 0 Å². The number of hydrogen-bond donors (Lipinski definition) is 2. The number of aliphatic hydroxyl groups is 2. The standard InChI is InChI=1S/4C15H10O2.2CH4O.2H2O.4O.2U/c4*16-15(17)14-12-7-3-1-5-10(12)9-11-6-2-4-8-13(11)14;2*1-2;;;;;;;;/h4*1-9H,(H,16,17);2*2H,1H3;2*1H2;;;;;;/q;;;;;;;;4*-2;;/p-4. The van der Waals surface area contributed by atoms with E-state index in [1.54, 1.807) is 0 Å². The van der Waals surface area contributed by atoms with Crippen LogP contribution in [0.15, 0.2) is 218 Å². The first-order valence-corrected chi connectivity index (χ1v) is 22.5. The van der Waals surface area contributed by atoms with Crippen molar-refractivity contribution in [2.45, 2.75) is 0 Å². The molecule has 6 N–H and O–H groups in total. The van der Waals surface area contributed by atoms with Gasteiger partial charge in [-0.3, -0.25) is 0 Å². The van der Waals surface area contributed by atoms with Crippen LogP contribution in [0.2, 0.25) is 0 Å². The van der Waals surface area contributed by atoms with Gasteiger partial charge in [0, 0.05) is 98.7 Å². The van der Waals surface area contributed by atoms with E-state index in [0.717, 1.165) is 100 Å². The largest absolute Gasteiger partial charge is 2.00 e. The van der Waals surface area contributed by atoms with Crippen molar-refractivity contribution in [2.24, 2.45) is 0 Å². The van der Waals surface area contributed by atoms with Crippen LogP contribution in [0.25, 0.3) is 86.2 Å². The molecule has 0 aliphatic heterocycles. The van der Waals surface area contributed by atoms with Crippen molar-refractivity contribution in [1.82, 2.24) is 0 Å². The van der Waals surface area contributed by atoms with Crippen molar-refractivity contribution < 1.29 is 145 Å². The van der Waals surface area contributed by atoms with E-state index in [2.05, 4.69) is 0 Å². The molecule has 0 aliphatic carbocycles. The second-order valence-corrected chi connectivity index (χ2v) is 15.9. The van der Waals surface area contributed by atoms with Gasteiger partial charge in [0.1, 0.15) is 0 Å². The first-order chi connectivity index (χ1) is 35.1. The Morgan fingerprint density at radius 1 is 0.250 bits per heavy atom. The van der Waals surface area contributed by atoms with Crippen LogP contribution in [0.3, 0.4) is 0 Å². The molecular formula is C62H48O16U2-12. The number of fused-ring (bicyclic) bond motifs is 8. The summed E-state index contributed by atoms with van der Waals surface area (Å²) >= 11 is 0. The monoisotopic (exact) mass is 1520 g/mol. The molecule has 0 heterocycles. The minimum absolute atomic E-state index is 0. The van der Waals surface area contributed by atoms with E-state index in [-0.39, 0.29) is 117 Å². The van der Waals surface area contributed by atoms with Gasteiger partial charge in [-0.1, -0.05) is 194 Å². The number of rotatable bonds is 4. The van der Waals surface area contributed by atoms with Crippen LogP contribution in [-0.2, 0) is 21.9 Å². The van der Waals surface area contributed by atoms with Crippen LogP contribution in [-0.4, -0.2) is 59.3 Å². The van der Waals surface area contributed by atoms with E-state index in [4.69, 9.17) is 10.2 Å². The van der Waals surface area contributed by atoms with Gasteiger partial charge in [-0.25, -0.2) is 0 Å². The Kier molecular flexibility index (Phi) is 32.7. The zero-order chi connectivity index (χ0) is 51.3. The predicted molar refractivity (Wildman–Crippen MR) is 289 cm³/mol. The Hall–Kier alpha value is -7.62. The van der Waals surface area contributed by atoms with Gasteiger partial charge in [0.2, 0.25) is 0 Å². The van der Waals surface area contributed by atoms with Crippen LogP contribution in [0.5, 0.6) is 0 Å². The van der Waals surface area contributed by atoms with Gasteiger partial charge < -0.3 is 82.7 Å². The average molecular weight is 1530 g/mol. The summed E-state index contributed by atoms with van der Waals surface area (Å²) in [6.45, 7) is 0. The second-order valence-electron chi connectivity index (χ2n) is 15.9. The van der Waals surface area contributed by atoms with Crippen molar-refractivity contribution in [3.63, 3.8) is 0 Å². The van der Waals surface area contributed by atoms with Gasteiger partial charge in [-0.15, -0.1) is 0 Å². The maximum atomic E-state index is 11.3. The topological polar surface area (TPSA) is 378 Å². The smallest absolute Gasteiger partial charge is 0.0727 e. The van der Waals surface area contributed by atoms with Gasteiger partial charge in [-0.2, -0.15) is 0 Å². The van der Waals surface area contributed by atoms with Crippen molar-refractivity contribution in [3.05, 3.63) is 241 Å². The van der Waals surface area contributed by atoms with Crippen LogP contribution in [0, 0.1) is 62.2 Å². The Balaban J connectivity index is 0. The van der Waals surface area contributed by atoms with E-state index < -0.39 is 23.9 Å². The Labute approximate surface area is 505 Å². The van der Waals surface area contributed by atoms with Crippen LogP contribution < -0.4 is 20.4 Å². The molecule has 0 saturated heterocycles. The van der Waals surface area contributed by atoms with Gasteiger partial charge in [0.05, 0.1) is 23.9 Å². The summed E-state index contributed by atoms with van der Waals surface area (Å²) in [7, 11) is 2.00. The third-order valence-corrected chi connectivity index (χ3v) is 11.9. The first-order valence-electron chi connectivity index (χ1n) is 22.5. The van der Waals surface area contributed by atoms with Crippen molar-refractivity contribution in [3.8, 4) is 0 Å². The summed E-state index contributed by atoms with van der Waals surface area (Å²) in [6.07, 6.45) is 0. The van der Waals surface area contributed by atoms with E-state index in [0.29, 0.717) is 0 Å². The molecule has 16 nitrogen and oxygen atoms in total. The second kappa shape index (κ2) is 35.1. The van der Waals surface area contributed by atoms with E-state index in [1.165, 1.54) is 0 Å². The fourth-order valence-corrected chi connectivity index (χ4v) is 8.93. The van der Waals surface area contributed by atoms with Crippen molar-refractivity contribution in [2.75, 3.05) is 14.2 Å². The molecule has 0 atom stereocenters. The number of benzene rings is 12. The molecule has 0 aliphatic rings. The maximum Gasteiger partial charge on any atom is 0.0727 e. The molecule has 12 aromatic rings. The molecule has 18 heteroatoms. The molecule has 412 valence electrons. The van der Waals surface area contributed by atoms with E-state index in [9.17, 15) is 39.6 Å². The summed E-state index contributed by atoms with van der Waals surface area (Å²) in [4.78, 5) is 45.3. The zero-order valence-electron chi connectivity index (χ0n) is 42.6. The van der Waals surface area contributed by atoms with Crippen LogP contribution in [0.4, 0.5) is 0 Å². The summed E-state index contributed by atoms with van der Waals surface area (Å²) in [5, 5.41) is 72.5. The predicted octanol–water partition coefficient (Wildman–Crippen LogP) is 6.52. The third-order valence-electron chi connectivity index (χ3n) is 11.9. The zero-order valence-corrected chi connectivity index (χ0v) is 50.9. The SMILES string of the molecule is CO.CO.O.O.O=C([O-])c1c2ccccc2cc2ccccc12.O=C([O-])c1c2ccccc2cc2ccccc12.O=C([O-])c1c2ccccc2cc2ccccc12.O=C([O-])c1c2ccccc2cc2ccccc12.[O-2].[O-2].[O-2].[O-2].[U].[U]. The fourth-order valence-electron chi connectivity index (χ4n) is 8.93. The van der Waals surface area contributed by atoms with Gasteiger partial charge in [0.25, 0.3) is 0 Å². The van der Waals surface area contributed by atoms with Crippen LogP contribution in [0.1, 0.15) is 41.4 Å². The molecule has 0 amide bonds. The summed E-state index contributed by atoms with van der Waals surface area (Å²) in [6, 6.07) is 67.7. The summed E-state index contributed by atoms with van der Waals surface area (Å²) < 4.78 is 0. The molecule has 12 aromatic carbocycles. The molecule has 0 unspecified atom stereocenters. The number of hydrogen-bond acceptors (Lipinski definition) is 10. The number of aliphatic hydroxyl groups excluding tert-OH is 2. The molecule has 0 fully saturated rings. The molecule has 80 heavy (non-hydrogen) atoms. The molecule has 0 spiro atoms.